The van der Waals surface area contributed by atoms with Crippen LogP contribution in [0.5, 0.6) is 0 Å². The number of fused-ring (bicyclic) bond motifs is 2. The van der Waals surface area contributed by atoms with E-state index in [1.165, 1.54) is 10.1 Å². The molecular weight excluding hydrogens is 1050 g/mol. The molecule has 0 saturated heterocycles. The number of hydrogen-bond donors (Lipinski definition) is 4. The van der Waals surface area contributed by atoms with Crippen LogP contribution in [-0.4, -0.2) is 46.7 Å². The van der Waals surface area contributed by atoms with E-state index in [0.717, 1.165) is 22.5 Å². The standard InChI is InChI=1S/C15H14ClN2OP.C15H16N2O.C9H7NO3.C7H9N.CHO2.Cl3P.Y/c1-17-14-10-6-5-9-13(14)15(19)18(20(17)16)11-12-7-3-2-4-8-12;1-16-14-10-6-5-9-13(14)15(18)17-11-12-7-3-2-4-8-12;1-10-7-5-3-2-4-6(7)8(11)13-9(10)12;8-6-7-4-2-1-3-5-7;2-1-3;1-4(2)3;/h2-10H,11H2,1H3;2-10,16H,11H2,1H3,(H,17,18);2-5H,1H3;1-5H,6,8H2;(H,2,3);;/q;;;;-1;;. The summed E-state index contributed by atoms with van der Waals surface area (Å²) in [5.41, 5.74) is 11.8. The van der Waals surface area contributed by atoms with Crippen molar-refractivity contribution in [1.82, 2.24) is 14.6 Å². The molecular formula is C47H47Cl4N6O7P2Y-. The van der Waals surface area contributed by atoms with Gasteiger partial charge in [-0.2, -0.15) is 0 Å². The van der Waals surface area contributed by atoms with E-state index in [2.05, 4.69) is 15.1 Å². The first-order chi connectivity index (χ1) is 31.8. The van der Waals surface area contributed by atoms with Gasteiger partial charge in [0.15, 0.2) is 13.6 Å². The molecule has 13 nitrogen and oxygen atoms in total. The van der Waals surface area contributed by atoms with Gasteiger partial charge >= 0.3 is 11.4 Å². The van der Waals surface area contributed by atoms with Crippen LogP contribution < -0.4 is 32.4 Å². The molecule has 0 spiro atoms. The largest absolute Gasteiger partial charge is 0.665 e. The number of halogens is 4. The van der Waals surface area contributed by atoms with Gasteiger partial charge in [0, 0.05) is 72.6 Å². The molecule has 0 bridgehead atoms. The van der Waals surface area contributed by atoms with E-state index < -0.39 is 24.9 Å². The van der Waals surface area contributed by atoms with Gasteiger partial charge in [0.05, 0.1) is 34.3 Å². The van der Waals surface area contributed by atoms with Gasteiger partial charge in [-0.15, -0.1) is 0 Å². The molecule has 1 aliphatic heterocycles. The molecule has 6 aromatic carbocycles. The molecule has 0 saturated carbocycles. The zero-order chi connectivity index (χ0) is 48.4. The SMILES string of the molecule is CN1c2ccccc2C(=O)N(Cc2ccccc2)P1Cl.CNc1ccccc1C(=O)NCc1ccccc1.ClP(Cl)Cl.Cn1c(=O)oc(=O)c2ccccc21.NCc1ccccc1.O=[C-]O.[Y]. The van der Waals surface area contributed by atoms with Gasteiger partial charge in [-0.3, -0.25) is 18.8 Å². The predicted molar refractivity (Wildman–Crippen MR) is 272 cm³/mol. The smallest absolute Gasteiger partial charge is 0.422 e. The Morgan fingerprint density at radius 3 is 1.78 bits per heavy atom. The van der Waals surface area contributed by atoms with Crippen LogP contribution in [0, 0.1) is 0 Å². The minimum atomic E-state index is -1.20. The summed E-state index contributed by atoms with van der Waals surface area (Å²) in [4.78, 5) is 55.1. The van der Waals surface area contributed by atoms with Crippen molar-refractivity contribution in [3.05, 3.63) is 213 Å². The molecule has 1 aromatic heterocycles. The number of nitrogens with two attached hydrogens (primary N) is 1. The van der Waals surface area contributed by atoms with Gasteiger partial charge < -0.3 is 35.4 Å². The Labute approximate surface area is 435 Å². The Hall–Kier alpha value is -4.65. The van der Waals surface area contributed by atoms with Gasteiger partial charge in [0.1, 0.15) is 0 Å². The van der Waals surface area contributed by atoms with E-state index in [4.69, 9.17) is 60.6 Å². The molecule has 8 rings (SSSR count). The van der Waals surface area contributed by atoms with Gasteiger partial charge in [-0.05, 0) is 64.3 Å². The molecule has 2 amide bonds. The van der Waals surface area contributed by atoms with Gasteiger partial charge in [0.25, 0.3) is 11.8 Å². The number of hydrogen-bond acceptors (Lipinski definition) is 9. The summed E-state index contributed by atoms with van der Waals surface area (Å²) in [5.74, 6) is -1.90. The number of nitrogens with one attached hydrogen (secondary N) is 2. The molecule has 7 aromatic rings. The third-order valence-corrected chi connectivity index (χ3v) is 11.8. The fraction of sp³-hybridized carbons (Fsp3) is 0.128. The Balaban J connectivity index is 0.000000301. The first-order valence-electron chi connectivity index (χ1n) is 19.6. The molecule has 0 fully saturated rings. The summed E-state index contributed by atoms with van der Waals surface area (Å²) in [5, 5.41) is 13.1. The van der Waals surface area contributed by atoms with Crippen LogP contribution >= 0.6 is 58.5 Å². The van der Waals surface area contributed by atoms with Crippen molar-refractivity contribution in [2.75, 3.05) is 24.1 Å². The molecule has 2 heterocycles. The maximum atomic E-state index is 12.6. The fourth-order valence-electron chi connectivity index (χ4n) is 5.91. The van der Waals surface area contributed by atoms with Crippen LogP contribution in [-0.2, 0) is 64.2 Å². The minimum absolute atomic E-state index is 0. The van der Waals surface area contributed by atoms with Crippen LogP contribution in [0.1, 0.15) is 37.4 Å². The monoisotopic (exact) mass is 1100 g/mol. The van der Waals surface area contributed by atoms with E-state index in [0.29, 0.717) is 48.1 Å². The second-order valence-corrected chi connectivity index (χ2v) is 20.8. The van der Waals surface area contributed by atoms with E-state index in [-0.39, 0.29) is 44.5 Å². The number of amides is 2. The molecule has 20 heteroatoms. The molecule has 1 radical (unpaired) electrons. The average molecular weight is 1100 g/mol. The molecule has 1 atom stereocenters. The number of benzene rings is 6. The molecule has 5 N–H and O–H groups in total. The third kappa shape index (κ3) is 19.5. The number of aryl methyl sites for hydroxylation is 1. The van der Waals surface area contributed by atoms with Crippen molar-refractivity contribution in [2.45, 2.75) is 19.6 Å². The molecule has 67 heavy (non-hydrogen) atoms. The van der Waals surface area contributed by atoms with Crippen molar-refractivity contribution < 1.29 is 56.6 Å². The summed E-state index contributed by atoms with van der Waals surface area (Å²) in [6, 6.07) is 51.6. The number of nitrogens with zero attached hydrogens (tertiary/aromatic N) is 3. The van der Waals surface area contributed by atoms with Crippen LogP contribution in [0.3, 0.4) is 0 Å². The van der Waals surface area contributed by atoms with Crippen molar-refractivity contribution >= 4 is 99.1 Å². The normalized spacial score (nSPS) is 11.9. The van der Waals surface area contributed by atoms with Crippen molar-refractivity contribution in [2.24, 2.45) is 12.8 Å². The Bertz CT molecular complexity index is 2690. The molecule has 1 aliphatic rings. The van der Waals surface area contributed by atoms with Gasteiger partial charge in [-0.25, -0.2) is 9.59 Å². The molecule has 1 unspecified atom stereocenters. The topological polar surface area (TPSA) is 180 Å². The first-order valence-corrected chi connectivity index (χ1v) is 25.8. The molecule has 0 aliphatic carbocycles. The maximum Gasteiger partial charge on any atom is 0.422 e. The van der Waals surface area contributed by atoms with Crippen molar-refractivity contribution in [3.8, 4) is 0 Å². The number of anilines is 2. The predicted octanol–water partition coefficient (Wildman–Crippen LogP) is 11.1. The Kier molecular flexibility index (Phi) is 28.1. The minimum Gasteiger partial charge on any atom is -0.665 e. The van der Waals surface area contributed by atoms with Crippen LogP contribution in [0.25, 0.3) is 10.9 Å². The number of rotatable bonds is 7. The summed E-state index contributed by atoms with van der Waals surface area (Å²) >= 11 is 21.1. The van der Waals surface area contributed by atoms with E-state index in [1.54, 1.807) is 36.0 Å². The Morgan fingerprint density at radius 1 is 0.746 bits per heavy atom. The number of para-hydroxylation sites is 3. The van der Waals surface area contributed by atoms with Crippen LogP contribution in [0.2, 0.25) is 0 Å². The van der Waals surface area contributed by atoms with Gasteiger partial charge in [-0.1, -0.05) is 168 Å². The van der Waals surface area contributed by atoms with Crippen LogP contribution in [0.15, 0.2) is 178 Å². The van der Waals surface area contributed by atoms with E-state index in [1.807, 2.05) is 158 Å². The first kappa shape index (κ1) is 58.5. The van der Waals surface area contributed by atoms with Crippen molar-refractivity contribution in [1.29, 1.82) is 0 Å². The third-order valence-electron chi connectivity index (χ3n) is 9.09. The summed E-state index contributed by atoms with van der Waals surface area (Å²) in [7, 11) is 4.13. The van der Waals surface area contributed by atoms with E-state index >= 15 is 0 Å². The summed E-state index contributed by atoms with van der Waals surface area (Å²) in [6.07, 6.45) is 0. The second kappa shape index (κ2) is 32.2. The van der Waals surface area contributed by atoms with E-state index in [9.17, 15) is 19.2 Å². The zero-order valence-corrected chi connectivity index (χ0v) is 44.2. The Morgan fingerprint density at radius 2 is 1.22 bits per heavy atom. The zero-order valence-electron chi connectivity index (χ0n) is 36.5. The number of aromatic nitrogens is 1. The summed E-state index contributed by atoms with van der Waals surface area (Å²) in [6.45, 7) is 2.21. The molecule has 349 valence electrons. The van der Waals surface area contributed by atoms with Crippen LogP contribution in [0.4, 0.5) is 11.4 Å². The maximum absolute atomic E-state index is 12.6. The number of aliphatic hydroxyl groups excluding tert-OH is 1. The van der Waals surface area contributed by atoms with Crippen molar-refractivity contribution in [3.63, 3.8) is 0 Å². The summed E-state index contributed by atoms with van der Waals surface area (Å²) < 4.78 is 9.50. The number of carbonyl (C=O) groups excluding carboxylic acids is 2. The van der Waals surface area contributed by atoms with Gasteiger partial charge in [0.2, 0.25) is 0 Å². The number of carbonyl (C=O) groups is 2. The average Bonchev–Trinajstić information content (AvgIpc) is 3.34. The quantitative estimate of drug-likeness (QED) is 0.0886. The fourth-order valence-corrected chi connectivity index (χ4v) is 7.74. The second-order valence-electron chi connectivity index (χ2n) is 13.3.